The van der Waals surface area contributed by atoms with Crippen LogP contribution in [-0.2, 0) is 4.74 Å². The van der Waals surface area contributed by atoms with E-state index in [0.29, 0.717) is 17.9 Å². The normalized spacial score (nSPS) is 10.6. The van der Waals surface area contributed by atoms with Crippen molar-refractivity contribution >= 4 is 27.6 Å². The van der Waals surface area contributed by atoms with Crippen molar-refractivity contribution in [2.45, 2.75) is 58.3 Å². The standard InChI is InChI=1S/C17H26BrNO2/c1-2-3-4-5-6-7-8-9-12-21-17(20)14-10-11-15(18)16(19)13-14/h10-11,13H,2-9,12,19H2,1H3. The van der Waals surface area contributed by atoms with Crippen LogP contribution in [0, 0.1) is 0 Å². The summed E-state index contributed by atoms with van der Waals surface area (Å²) in [5, 5.41) is 0. The summed E-state index contributed by atoms with van der Waals surface area (Å²) in [6, 6.07) is 5.12. The van der Waals surface area contributed by atoms with E-state index < -0.39 is 0 Å². The van der Waals surface area contributed by atoms with Crippen LogP contribution in [0.2, 0.25) is 0 Å². The first kappa shape index (κ1) is 18.0. The summed E-state index contributed by atoms with van der Waals surface area (Å²) >= 11 is 3.30. The van der Waals surface area contributed by atoms with E-state index in [1.165, 1.54) is 38.5 Å². The van der Waals surface area contributed by atoms with Crippen LogP contribution < -0.4 is 5.73 Å². The fourth-order valence-electron chi connectivity index (χ4n) is 2.15. The van der Waals surface area contributed by atoms with Crippen LogP contribution in [0.4, 0.5) is 5.69 Å². The lowest BCUT2D eigenvalue weighted by molar-refractivity contribution is 0.0497. The Bertz CT molecular complexity index is 435. The SMILES string of the molecule is CCCCCCCCCCOC(=O)c1ccc(Br)c(N)c1. The van der Waals surface area contributed by atoms with E-state index in [0.717, 1.165) is 17.3 Å². The van der Waals surface area contributed by atoms with Crippen LogP contribution in [0.1, 0.15) is 68.6 Å². The van der Waals surface area contributed by atoms with Crippen LogP contribution >= 0.6 is 15.9 Å². The molecule has 0 bridgehead atoms. The summed E-state index contributed by atoms with van der Waals surface area (Å²) in [4.78, 5) is 11.8. The summed E-state index contributed by atoms with van der Waals surface area (Å²) in [6.07, 6.45) is 9.88. The Balaban J connectivity index is 2.09. The van der Waals surface area contributed by atoms with E-state index in [1.807, 2.05) is 0 Å². The maximum atomic E-state index is 11.8. The highest BCUT2D eigenvalue weighted by Gasteiger charge is 2.08. The third kappa shape index (κ3) is 7.51. The summed E-state index contributed by atoms with van der Waals surface area (Å²) < 4.78 is 6.05. The van der Waals surface area contributed by atoms with Crippen LogP contribution in [0.5, 0.6) is 0 Å². The van der Waals surface area contributed by atoms with Crippen molar-refractivity contribution in [3.8, 4) is 0 Å². The maximum absolute atomic E-state index is 11.8. The number of rotatable bonds is 10. The highest BCUT2D eigenvalue weighted by atomic mass is 79.9. The van der Waals surface area contributed by atoms with E-state index in [2.05, 4.69) is 22.9 Å². The number of carbonyl (C=O) groups is 1. The average molecular weight is 356 g/mol. The number of halogens is 1. The molecule has 21 heavy (non-hydrogen) atoms. The van der Waals surface area contributed by atoms with Gasteiger partial charge in [-0.1, -0.05) is 51.9 Å². The van der Waals surface area contributed by atoms with E-state index >= 15 is 0 Å². The molecule has 0 aliphatic rings. The minimum atomic E-state index is -0.294. The van der Waals surface area contributed by atoms with Gasteiger partial charge in [-0.05, 0) is 40.5 Å². The van der Waals surface area contributed by atoms with Gasteiger partial charge in [0, 0.05) is 10.2 Å². The quantitative estimate of drug-likeness (QED) is 0.350. The molecule has 0 saturated heterocycles. The number of hydrogen-bond acceptors (Lipinski definition) is 3. The molecule has 0 atom stereocenters. The van der Waals surface area contributed by atoms with Crippen LogP contribution in [0.3, 0.4) is 0 Å². The van der Waals surface area contributed by atoms with E-state index in [-0.39, 0.29) is 5.97 Å². The van der Waals surface area contributed by atoms with Crippen molar-refractivity contribution in [1.82, 2.24) is 0 Å². The molecular weight excluding hydrogens is 330 g/mol. The molecular formula is C17H26BrNO2. The number of carbonyl (C=O) groups excluding carboxylic acids is 1. The number of nitrogens with two attached hydrogens (primary N) is 1. The van der Waals surface area contributed by atoms with Crippen LogP contribution in [0.15, 0.2) is 22.7 Å². The second-order valence-electron chi connectivity index (χ2n) is 5.35. The fourth-order valence-corrected chi connectivity index (χ4v) is 2.40. The number of anilines is 1. The van der Waals surface area contributed by atoms with Crippen molar-refractivity contribution < 1.29 is 9.53 Å². The molecule has 2 N–H and O–H groups in total. The van der Waals surface area contributed by atoms with Gasteiger partial charge in [-0.2, -0.15) is 0 Å². The molecule has 0 radical (unpaired) electrons. The first-order chi connectivity index (χ1) is 10.1. The molecule has 3 nitrogen and oxygen atoms in total. The van der Waals surface area contributed by atoms with Gasteiger partial charge >= 0.3 is 5.97 Å². The van der Waals surface area contributed by atoms with E-state index in [9.17, 15) is 4.79 Å². The Morgan fingerprint density at radius 3 is 2.33 bits per heavy atom. The minimum Gasteiger partial charge on any atom is -0.462 e. The molecule has 0 saturated carbocycles. The third-order valence-corrected chi connectivity index (χ3v) is 4.18. The lowest BCUT2D eigenvalue weighted by Crippen LogP contribution is -2.07. The molecule has 1 rings (SSSR count). The van der Waals surface area contributed by atoms with Gasteiger partial charge in [-0.25, -0.2) is 4.79 Å². The van der Waals surface area contributed by atoms with E-state index in [4.69, 9.17) is 10.5 Å². The number of benzene rings is 1. The molecule has 1 aromatic rings. The number of hydrogen-bond donors (Lipinski definition) is 1. The molecule has 0 fully saturated rings. The molecule has 118 valence electrons. The predicted octanol–water partition coefficient (Wildman–Crippen LogP) is 5.33. The zero-order valence-corrected chi connectivity index (χ0v) is 14.5. The summed E-state index contributed by atoms with van der Waals surface area (Å²) in [5.41, 5.74) is 6.81. The highest BCUT2D eigenvalue weighted by molar-refractivity contribution is 9.10. The first-order valence-electron chi connectivity index (χ1n) is 7.87. The number of unbranched alkanes of at least 4 members (excludes halogenated alkanes) is 7. The monoisotopic (exact) mass is 355 g/mol. The number of esters is 1. The third-order valence-electron chi connectivity index (χ3n) is 3.46. The zero-order valence-electron chi connectivity index (χ0n) is 12.9. The molecule has 0 aliphatic carbocycles. The van der Waals surface area contributed by atoms with E-state index in [1.54, 1.807) is 18.2 Å². The van der Waals surface area contributed by atoms with Gasteiger partial charge in [0.2, 0.25) is 0 Å². The largest absolute Gasteiger partial charge is 0.462 e. The Labute approximate surface area is 136 Å². The number of ether oxygens (including phenoxy) is 1. The molecule has 0 spiro atoms. The molecule has 0 heterocycles. The summed E-state index contributed by atoms with van der Waals surface area (Å²) in [7, 11) is 0. The Morgan fingerprint density at radius 1 is 1.10 bits per heavy atom. The fraction of sp³-hybridized carbons (Fsp3) is 0.588. The summed E-state index contributed by atoms with van der Waals surface area (Å²) in [6.45, 7) is 2.72. The van der Waals surface area contributed by atoms with Gasteiger partial charge in [0.25, 0.3) is 0 Å². The Morgan fingerprint density at radius 2 is 1.71 bits per heavy atom. The van der Waals surface area contributed by atoms with Gasteiger partial charge in [0.15, 0.2) is 0 Å². The van der Waals surface area contributed by atoms with Gasteiger partial charge in [0.1, 0.15) is 0 Å². The van der Waals surface area contributed by atoms with Crippen LogP contribution in [-0.4, -0.2) is 12.6 Å². The molecule has 0 aliphatic heterocycles. The lowest BCUT2D eigenvalue weighted by atomic mass is 10.1. The number of nitrogen functional groups attached to an aromatic ring is 1. The Hall–Kier alpha value is -1.03. The van der Waals surface area contributed by atoms with Gasteiger partial charge in [0.05, 0.1) is 12.2 Å². The molecule has 0 amide bonds. The topological polar surface area (TPSA) is 52.3 Å². The average Bonchev–Trinajstić information content (AvgIpc) is 2.48. The Kier molecular flexibility index (Phi) is 9.15. The van der Waals surface area contributed by atoms with Crippen molar-refractivity contribution in [1.29, 1.82) is 0 Å². The van der Waals surface area contributed by atoms with Crippen LogP contribution in [0.25, 0.3) is 0 Å². The molecule has 1 aromatic carbocycles. The van der Waals surface area contributed by atoms with Gasteiger partial charge in [-0.3, -0.25) is 0 Å². The molecule has 4 heteroatoms. The highest BCUT2D eigenvalue weighted by Crippen LogP contribution is 2.20. The summed E-state index contributed by atoms with van der Waals surface area (Å²) in [5.74, 6) is -0.294. The first-order valence-corrected chi connectivity index (χ1v) is 8.66. The van der Waals surface area contributed by atoms with Crippen molar-refractivity contribution in [3.63, 3.8) is 0 Å². The second-order valence-corrected chi connectivity index (χ2v) is 6.20. The second kappa shape index (κ2) is 10.7. The van der Waals surface area contributed by atoms with Crippen molar-refractivity contribution in [2.24, 2.45) is 0 Å². The van der Waals surface area contributed by atoms with Crippen molar-refractivity contribution in [2.75, 3.05) is 12.3 Å². The minimum absolute atomic E-state index is 0.294. The van der Waals surface area contributed by atoms with Crippen molar-refractivity contribution in [3.05, 3.63) is 28.2 Å². The molecule has 0 unspecified atom stereocenters. The maximum Gasteiger partial charge on any atom is 0.338 e. The lowest BCUT2D eigenvalue weighted by Gasteiger charge is -2.06. The van der Waals surface area contributed by atoms with Gasteiger partial charge < -0.3 is 10.5 Å². The predicted molar refractivity (Wildman–Crippen MR) is 91.4 cm³/mol. The smallest absolute Gasteiger partial charge is 0.338 e. The molecule has 0 aromatic heterocycles. The van der Waals surface area contributed by atoms with Gasteiger partial charge in [-0.15, -0.1) is 0 Å². The zero-order chi connectivity index (χ0) is 15.5.